The van der Waals surface area contributed by atoms with Crippen LogP contribution in [0.25, 0.3) is 0 Å². The van der Waals surface area contributed by atoms with E-state index >= 15 is 0 Å². The Balaban J connectivity index is 1.43. The summed E-state index contributed by atoms with van der Waals surface area (Å²) in [4.78, 5) is 24.0. The van der Waals surface area contributed by atoms with Crippen LogP contribution in [-0.2, 0) is 14.3 Å². The molecular weight excluding hydrogens is 370 g/mol. The highest BCUT2D eigenvalue weighted by molar-refractivity contribution is 5.93. The fraction of sp³-hybridized carbons (Fsp3) is 0.130. The molecule has 1 N–H and O–H groups in total. The molecular formula is C23H21NO5. The number of amides is 1. The van der Waals surface area contributed by atoms with E-state index in [2.05, 4.69) is 5.32 Å². The van der Waals surface area contributed by atoms with E-state index in [9.17, 15) is 9.59 Å². The number of carbonyl (C=O) groups excluding carboxylic acids is 2. The molecule has 0 bridgehead atoms. The molecule has 1 atom stereocenters. The molecule has 29 heavy (non-hydrogen) atoms. The monoisotopic (exact) mass is 391 g/mol. The molecule has 0 aromatic heterocycles. The molecule has 0 aliphatic rings. The molecule has 0 unspecified atom stereocenters. The van der Waals surface area contributed by atoms with Crippen LogP contribution < -0.4 is 14.8 Å². The first kappa shape index (κ1) is 19.9. The lowest BCUT2D eigenvalue weighted by atomic mass is 10.3. The summed E-state index contributed by atoms with van der Waals surface area (Å²) in [6.07, 6.45) is -0.820. The van der Waals surface area contributed by atoms with E-state index in [-0.39, 0.29) is 0 Å². The van der Waals surface area contributed by atoms with Crippen molar-refractivity contribution < 1.29 is 23.8 Å². The molecule has 0 aliphatic heterocycles. The molecule has 3 aromatic rings. The standard InChI is InChI=1S/C23H21NO5/c1-17(28-19-8-4-2-5-9-19)23(26)27-16-22(25)24-18-12-14-21(15-13-18)29-20-10-6-3-7-11-20/h2-15,17H,16H2,1H3,(H,24,25)/t17-/m1/s1. The Kier molecular flexibility index (Phi) is 6.84. The van der Waals surface area contributed by atoms with Crippen molar-refractivity contribution in [2.75, 3.05) is 11.9 Å². The van der Waals surface area contributed by atoms with E-state index in [1.54, 1.807) is 55.5 Å². The number of para-hydroxylation sites is 2. The first-order valence-corrected chi connectivity index (χ1v) is 9.11. The molecule has 6 nitrogen and oxygen atoms in total. The minimum Gasteiger partial charge on any atom is -0.479 e. The fourth-order valence-electron chi connectivity index (χ4n) is 2.43. The molecule has 0 heterocycles. The second-order valence-corrected chi connectivity index (χ2v) is 6.17. The minimum atomic E-state index is -0.820. The van der Waals surface area contributed by atoms with Gasteiger partial charge in [-0.2, -0.15) is 0 Å². The van der Waals surface area contributed by atoms with Crippen LogP contribution in [0.2, 0.25) is 0 Å². The predicted molar refractivity (Wildman–Crippen MR) is 109 cm³/mol. The van der Waals surface area contributed by atoms with E-state index in [1.807, 2.05) is 36.4 Å². The van der Waals surface area contributed by atoms with Crippen molar-refractivity contribution in [3.05, 3.63) is 84.9 Å². The Bertz CT molecular complexity index is 927. The van der Waals surface area contributed by atoms with Gasteiger partial charge in [0.1, 0.15) is 17.2 Å². The van der Waals surface area contributed by atoms with Gasteiger partial charge in [-0.15, -0.1) is 0 Å². The van der Waals surface area contributed by atoms with Crippen LogP contribution in [0.4, 0.5) is 5.69 Å². The van der Waals surface area contributed by atoms with Gasteiger partial charge in [-0.1, -0.05) is 36.4 Å². The lowest BCUT2D eigenvalue weighted by Crippen LogP contribution is -2.29. The average molecular weight is 391 g/mol. The van der Waals surface area contributed by atoms with Crippen molar-refractivity contribution in [2.24, 2.45) is 0 Å². The highest BCUT2D eigenvalue weighted by Crippen LogP contribution is 2.22. The van der Waals surface area contributed by atoms with E-state index in [0.717, 1.165) is 5.75 Å². The normalized spacial score (nSPS) is 11.2. The summed E-state index contributed by atoms with van der Waals surface area (Å²) in [6.45, 7) is 1.17. The Labute approximate surface area is 169 Å². The number of nitrogens with one attached hydrogen (secondary N) is 1. The second-order valence-electron chi connectivity index (χ2n) is 6.17. The topological polar surface area (TPSA) is 73.9 Å². The molecule has 0 saturated heterocycles. The Morgan fingerprint density at radius 2 is 1.34 bits per heavy atom. The van der Waals surface area contributed by atoms with Crippen LogP contribution in [0.5, 0.6) is 17.2 Å². The van der Waals surface area contributed by atoms with Gasteiger partial charge in [-0.05, 0) is 55.5 Å². The van der Waals surface area contributed by atoms with Crippen molar-refractivity contribution in [2.45, 2.75) is 13.0 Å². The van der Waals surface area contributed by atoms with Crippen molar-refractivity contribution in [3.8, 4) is 17.2 Å². The Morgan fingerprint density at radius 3 is 1.97 bits per heavy atom. The van der Waals surface area contributed by atoms with Crippen LogP contribution >= 0.6 is 0 Å². The van der Waals surface area contributed by atoms with Crippen LogP contribution in [0.15, 0.2) is 84.9 Å². The fourth-order valence-corrected chi connectivity index (χ4v) is 2.43. The number of ether oxygens (including phenoxy) is 3. The molecule has 0 spiro atoms. The molecule has 3 aromatic carbocycles. The maximum atomic E-state index is 12.0. The van der Waals surface area contributed by atoms with Crippen molar-refractivity contribution in [1.82, 2.24) is 0 Å². The largest absolute Gasteiger partial charge is 0.479 e. The molecule has 148 valence electrons. The average Bonchev–Trinajstić information content (AvgIpc) is 2.75. The van der Waals surface area contributed by atoms with Gasteiger partial charge in [0.05, 0.1) is 0 Å². The summed E-state index contributed by atoms with van der Waals surface area (Å²) in [5.41, 5.74) is 0.569. The van der Waals surface area contributed by atoms with E-state index in [4.69, 9.17) is 14.2 Å². The Morgan fingerprint density at radius 1 is 0.793 bits per heavy atom. The van der Waals surface area contributed by atoms with Crippen LogP contribution in [0, 0.1) is 0 Å². The highest BCUT2D eigenvalue weighted by atomic mass is 16.6. The number of hydrogen-bond donors (Lipinski definition) is 1. The van der Waals surface area contributed by atoms with Crippen molar-refractivity contribution >= 4 is 17.6 Å². The first-order valence-electron chi connectivity index (χ1n) is 9.11. The third kappa shape index (κ3) is 6.39. The maximum Gasteiger partial charge on any atom is 0.347 e. The summed E-state index contributed by atoms with van der Waals surface area (Å²) in [7, 11) is 0. The zero-order valence-corrected chi connectivity index (χ0v) is 15.9. The summed E-state index contributed by atoms with van der Waals surface area (Å²) < 4.78 is 16.2. The molecule has 0 radical (unpaired) electrons. The molecule has 0 aliphatic carbocycles. The SMILES string of the molecule is C[C@@H](Oc1ccccc1)C(=O)OCC(=O)Nc1ccc(Oc2ccccc2)cc1. The predicted octanol–water partition coefficient (Wildman–Crippen LogP) is 4.43. The van der Waals surface area contributed by atoms with E-state index < -0.39 is 24.6 Å². The smallest absolute Gasteiger partial charge is 0.347 e. The lowest BCUT2D eigenvalue weighted by Gasteiger charge is -2.14. The van der Waals surface area contributed by atoms with E-state index in [1.165, 1.54) is 0 Å². The van der Waals surface area contributed by atoms with Gasteiger partial charge in [0.2, 0.25) is 0 Å². The second kappa shape index (κ2) is 9.94. The molecule has 0 fully saturated rings. The third-order valence-corrected chi connectivity index (χ3v) is 3.85. The minimum absolute atomic E-state index is 0.399. The zero-order valence-electron chi connectivity index (χ0n) is 15.9. The Hall–Kier alpha value is -3.80. The van der Waals surface area contributed by atoms with E-state index in [0.29, 0.717) is 17.2 Å². The van der Waals surface area contributed by atoms with Gasteiger partial charge in [-0.25, -0.2) is 4.79 Å². The zero-order chi connectivity index (χ0) is 20.5. The number of carbonyl (C=O) groups is 2. The summed E-state index contributed by atoms with van der Waals surface area (Å²) in [6, 6.07) is 25.2. The van der Waals surface area contributed by atoms with Crippen LogP contribution in [0.1, 0.15) is 6.92 Å². The molecule has 1 amide bonds. The lowest BCUT2D eigenvalue weighted by molar-refractivity contribution is -0.153. The van der Waals surface area contributed by atoms with Gasteiger partial charge >= 0.3 is 5.97 Å². The summed E-state index contributed by atoms with van der Waals surface area (Å²) in [5.74, 6) is 0.868. The summed E-state index contributed by atoms with van der Waals surface area (Å²) in [5, 5.41) is 2.66. The quantitative estimate of drug-likeness (QED) is 0.575. The number of hydrogen-bond acceptors (Lipinski definition) is 5. The number of esters is 1. The van der Waals surface area contributed by atoms with Gasteiger partial charge < -0.3 is 19.5 Å². The highest BCUT2D eigenvalue weighted by Gasteiger charge is 2.17. The molecule has 6 heteroatoms. The van der Waals surface area contributed by atoms with Crippen molar-refractivity contribution in [1.29, 1.82) is 0 Å². The number of anilines is 1. The van der Waals surface area contributed by atoms with Gasteiger partial charge in [0, 0.05) is 5.69 Å². The van der Waals surface area contributed by atoms with Crippen LogP contribution in [-0.4, -0.2) is 24.6 Å². The summed E-state index contributed by atoms with van der Waals surface area (Å²) >= 11 is 0. The van der Waals surface area contributed by atoms with Gasteiger partial charge in [0.25, 0.3) is 5.91 Å². The van der Waals surface area contributed by atoms with Crippen LogP contribution in [0.3, 0.4) is 0 Å². The number of rotatable bonds is 8. The third-order valence-electron chi connectivity index (χ3n) is 3.85. The number of benzene rings is 3. The first-order chi connectivity index (χ1) is 14.1. The maximum absolute atomic E-state index is 12.0. The van der Waals surface area contributed by atoms with Gasteiger partial charge in [0.15, 0.2) is 12.7 Å². The molecule has 3 rings (SSSR count). The van der Waals surface area contributed by atoms with Gasteiger partial charge in [-0.3, -0.25) is 4.79 Å². The molecule has 0 saturated carbocycles. The van der Waals surface area contributed by atoms with Crippen molar-refractivity contribution in [3.63, 3.8) is 0 Å².